The number of fused-ring (bicyclic) bond motifs is 2. The second kappa shape index (κ2) is 12.1. The number of ether oxygens (including phenoxy) is 1. The predicted molar refractivity (Wildman–Crippen MR) is 151 cm³/mol. The van der Waals surface area contributed by atoms with Crippen LogP contribution in [0.2, 0.25) is 5.02 Å². The number of carbonyl (C=O) groups is 3. The first-order chi connectivity index (χ1) is 20.9. The molecule has 0 radical (unpaired) electrons. The molecule has 228 valence electrons. The molecule has 5 rings (SSSR count). The summed E-state index contributed by atoms with van der Waals surface area (Å²) in [5.41, 5.74) is 0.771. The number of nitrogens with one attached hydrogen (secondary N) is 2. The lowest BCUT2D eigenvalue weighted by atomic mass is 9.98. The molecule has 0 unspecified atom stereocenters. The summed E-state index contributed by atoms with van der Waals surface area (Å²) in [6.45, 7) is 5.25. The van der Waals surface area contributed by atoms with Crippen LogP contribution in [0.15, 0.2) is 55.1 Å². The summed E-state index contributed by atoms with van der Waals surface area (Å²) in [5, 5.41) is 8.74. The lowest BCUT2D eigenvalue weighted by Crippen LogP contribution is -2.30. The second-order valence-electron chi connectivity index (χ2n) is 10.0. The summed E-state index contributed by atoms with van der Waals surface area (Å²) in [5.74, 6) is -2.74. The van der Waals surface area contributed by atoms with Crippen LogP contribution >= 0.6 is 11.6 Å². The van der Waals surface area contributed by atoms with Crippen LogP contribution in [-0.4, -0.2) is 39.0 Å². The van der Waals surface area contributed by atoms with E-state index in [0.29, 0.717) is 35.6 Å². The number of hydrogen-bond acceptors (Lipinski definition) is 6. The van der Waals surface area contributed by atoms with Gasteiger partial charge in [-0.2, -0.15) is 18.3 Å². The lowest BCUT2D eigenvalue weighted by Gasteiger charge is -2.16. The minimum atomic E-state index is -4.84. The zero-order valence-electron chi connectivity index (χ0n) is 23.1. The van der Waals surface area contributed by atoms with E-state index in [1.807, 2.05) is 0 Å². The third kappa shape index (κ3) is 6.13. The number of amides is 2. The van der Waals surface area contributed by atoms with E-state index in [9.17, 15) is 31.9 Å². The van der Waals surface area contributed by atoms with Gasteiger partial charge >= 0.3 is 12.1 Å². The van der Waals surface area contributed by atoms with Crippen molar-refractivity contribution in [3.63, 3.8) is 0 Å². The fourth-order valence-corrected chi connectivity index (χ4v) is 5.21. The molecule has 1 aliphatic rings. The van der Waals surface area contributed by atoms with E-state index in [-0.39, 0.29) is 35.2 Å². The van der Waals surface area contributed by atoms with Gasteiger partial charge in [0.25, 0.3) is 11.8 Å². The lowest BCUT2D eigenvalue weighted by molar-refractivity contribution is -0.141. The molecular formula is C30H24ClF4N5O4. The summed E-state index contributed by atoms with van der Waals surface area (Å²) in [7, 11) is 0. The number of nitrogens with zero attached hydrogens (tertiary/aromatic N) is 3. The highest BCUT2D eigenvalue weighted by Gasteiger charge is 2.36. The van der Waals surface area contributed by atoms with Crippen LogP contribution in [0.5, 0.6) is 0 Å². The minimum absolute atomic E-state index is 0.0541. The van der Waals surface area contributed by atoms with Crippen LogP contribution in [-0.2, 0) is 23.9 Å². The third-order valence-electron chi connectivity index (χ3n) is 7.17. The maximum absolute atomic E-state index is 13.5. The Hall–Kier alpha value is -4.78. The largest absolute Gasteiger partial charge is 0.458 e. The minimum Gasteiger partial charge on any atom is -0.458 e. The van der Waals surface area contributed by atoms with E-state index >= 15 is 0 Å². The Kier molecular flexibility index (Phi) is 8.42. The molecule has 44 heavy (non-hydrogen) atoms. The number of benzene rings is 2. The Balaban J connectivity index is 1.43. The van der Waals surface area contributed by atoms with Gasteiger partial charge in [0, 0.05) is 18.7 Å². The van der Waals surface area contributed by atoms with E-state index in [2.05, 4.69) is 27.3 Å². The number of halogens is 5. The first-order valence-corrected chi connectivity index (χ1v) is 13.7. The second-order valence-corrected chi connectivity index (χ2v) is 10.4. The highest BCUT2D eigenvalue weighted by Crippen LogP contribution is 2.35. The number of carbonyl (C=O) groups excluding carboxylic acids is 3. The summed E-state index contributed by atoms with van der Waals surface area (Å²) >= 11 is 5.79. The normalized spacial score (nSPS) is 14.3. The zero-order chi connectivity index (χ0) is 31.8. The fourth-order valence-electron chi connectivity index (χ4n) is 5.01. The molecule has 2 aromatic heterocycles. The molecule has 4 aromatic rings. The highest BCUT2D eigenvalue weighted by molar-refractivity contribution is 6.30. The topological polar surface area (TPSA) is 115 Å². The average Bonchev–Trinajstić information content (AvgIpc) is 3.61. The van der Waals surface area contributed by atoms with Crippen LogP contribution in [0.25, 0.3) is 5.65 Å². The molecule has 0 aliphatic heterocycles. The van der Waals surface area contributed by atoms with Crippen molar-refractivity contribution in [2.24, 2.45) is 0 Å². The number of aromatic nitrogens is 3. The van der Waals surface area contributed by atoms with Gasteiger partial charge in [-0.15, -0.1) is 0 Å². The van der Waals surface area contributed by atoms with Crippen LogP contribution < -0.4 is 10.6 Å². The highest BCUT2D eigenvalue weighted by atomic mass is 35.5. The van der Waals surface area contributed by atoms with Crippen molar-refractivity contribution in [3.8, 4) is 0 Å². The van der Waals surface area contributed by atoms with Gasteiger partial charge in [0.2, 0.25) is 0 Å². The number of hydrogen-bond donors (Lipinski definition) is 2. The molecule has 0 bridgehead atoms. The molecule has 2 heterocycles. The Labute approximate surface area is 252 Å². The maximum atomic E-state index is 13.5. The van der Waals surface area contributed by atoms with Crippen LogP contribution in [0, 0.1) is 12.7 Å². The van der Waals surface area contributed by atoms with E-state index in [1.54, 1.807) is 19.1 Å². The Morgan fingerprint density at radius 1 is 1.16 bits per heavy atom. The van der Waals surface area contributed by atoms with Gasteiger partial charge < -0.3 is 15.4 Å². The van der Waals surface area contributed by atoms with E-state index in [0.717, 1.165) is 27.8 Å². The maximum Gasteiger partial charge on any atom is 0.435 e. The van der Waals surface area contributed by atoms with Crippen LogP contribution in [0.3, 0.4) is 0 Å². The van der Waals surface area contributed by atoms with Crippen molar-refractivity contribution in [2.45, 2.75) is 38.5 Å². The molecule has 9 nitrogen and oxygen atoms in total. The predicted octanol–water partition coefficient (Wildman–Crippen LogP) is 5.54. The van der Waals surface area contributed by atoms with E-state index < -0.39 is 41.5 Å². The Morgan fingerprint density at radius 2 is 1.93 bits per heavy atom. The van der Waals surface area contributed by atoms with Gasteiger partial charge in [-0.1, -0.05) is 36.4 Å². The van der Waals surface area contributed by atoms with Crippen molar-refractivity contribution in [2.75, 3.05) is 6.61 Å². The summed E-state index contributed by atoms with van der Waals surface area (Å²) < 4.78 is 59.9. The summed E-state index contributed by atoms with van der Waals surface area (Å²) in [6.07, 6.45) is -2.39. The molecule has 0 saturated heterocycles. The van der Waals surface area contributed by atoms with Gasteiger partial charge in [-0.3, -0.25) is 9.59 Å². The molecular weight excluding hydrogens is 606 g/mol. The summed E-state index contributed by atoms with van der Waals surface area (Å²) in [4.78, 5) is 42.9. The van der Waals surface area contributed by atoms with Crippen LogP contribution in [0.1, 0.15) is 71.7 Å². The van der Waals surface area contributed by atoms with Gasteiger partial charge in [0.05, 0.1) is 16.6 Å². The van der Waals surface area contributed by atoms with E-state index in [4.69, 9.17) is 16.3 Å². The number of esters is 1. The zero-order valence-corrected chi connectivity index (χ0v) is 23.9. The van der Waals surface area contributed by atoms with Gasteiger partial charge in [-0.25, -0.2) is 18.7 Å². The van der Waals surface area contributed by atoms with Crippen molar-refractivity contribution < 1.29 is 36.7 Å². The quantitative estimate of drug-likeness (QED) is 0.150. The monoisotopic (exact) mass is 629 g/mol. The standard InChI is InChI=1S/C30H24ClF4N5O4/c1-3-10-44-29(43)18-5-6-19-17(15(18)2)7-9-22(19)38-28(42)24-12-23(37-26-13-25(30(33,34)35)39-40(24)26)27(41)36-14-16-4-8-21(32)20(31)11-16/h3-6,8,11-13,22H,1,7,9-10,14H2,2H3,(H,36,41)(H,38,42)/t22-/m0/s1. The molecule has 14 heteroatoms. The van der Waals surface area contributed by atoms with Crippen molar-refractivity contribution in [3.05, 3.63) is 111 Å². The van der Waals surface area contributed by atoms with Gasteiger partial charge in [-0.05, 0) is 60.2 Å². The molecule has 2 N–H and O–H groups in total. The van der Waals surface area contributed by atoms with Crippen LogP contribution in [0.4, 0.5) is 17.6 Å². The van der Waals surface area contributed by atoms with Crippen molar-refractivity contribution in [1.82, 2.24) is 25.2 Å². The Morgan fingerprint density at radius 3 is 2.64 bits per heavy atom. The third-order valence-corrected chi connectivity index (χ3v) is 7.46. The molecule has 1 aliphatic carbocycles. The Bertz CT molecular complexity index is 1820. The first-order valence-electron chi connectivity index (χ1n) is 13.3. The van der Waals surface area contributed by atoms with Crippen molar-refractivity contribution >= 4 is 35.0 Å². The average molecular weight is 630 g/mol. The fraction of sp³-hybridized carbons (Fsp3) is 0.233. The van der Waals surface area contributed by atoms with E-state index in [1.165, 1.54) is 18.2 Å². The van der Waals surface area contributed by atoms with Gasteiger partial charge in [0.1, 0.15) is 23.8 Å². The van der Waals surface area contributed by atoms with Gasteiger partial charge in [0.15, 0.2) is 11.3 Å². The molecule has 0 spiro atoms. The first kappa shape index (κ1) is 30.7. The molecule has 0 fully saturated rings. The summed E-state index contributed by atoms with van der Waals surface area (Å²) in [6, 6.07) is 8.27. The molecule has 1 atom stereocenters. The SMILES string of the molecule is C=CCOC(=O)c1ccc2c(c1C)CC[C@@H]2NC(=O)c1cc(C(=O)NCc2ccc(F)c(Cl)c2)nc2cc(C(F)(F)F)nn12. The molecule has 2 amide bonds. The molecule has 0 saturated carbocycles. The van der Waals surface area contributed by atoms with Crippen molar-refractivity contribution in [1.29, 1.82) is 0 Å². The number of alkyl halides is 3. The molecule has 2 aromatic carbocycles. The number of rotatable bonds is 8. The smallest absolute Gasteiger partial charge is 0.435 e.